The number of amides is 1. The van der Waals surface area contributed by atoms with Crippen LogP contribution in [0.5, 0.6) is 5.75 Å². The van der Waals surface area contributed by atoms with Gasteiger partial charge in [0, 0.05) is 6.54 Å². The normalized spacial score (nSPS) is 10.7. The van der Waals surface area contributed by atoms with Gasteiger partial charge in [0.25, 0.3) is 11.8 Å². The van der Waals surface area contributed by atoms with Crippen LogP contribution in [0.4, 0.5) is 0 Å². The second-order valence-corrected chi connectivity index (χ2v) is 7.62. The summed E-state index contributed by atoms with van der Waals surface area (Å²) < 4.78 is 12.3. The molecule has 2 aromatic heterocycles. The number of aromatic nitrogens is 2. The van der Waals surface area contributed by atoms with E-state index in [1.165, 1.54) is 11.3 Å². The summed E-state index contributed by atoms with van der Waals surface area (Å²) in [6.45, 7) is 2.88. The van der Waals surface area contributed by atoms with Crippen LogP contribution in [0, 0.1) is 3.57 Å². The molecule has 0 radical (unpaired) electrons. The predicted octanol–water partition coefficient (Wildman–Crippen LogP) is 4.22. The molecule has 0 bridgehead atoms. The van der Waals surface area contributed by atoms with Crippen LogP contribution < -0.4 is 4.74 Å². The van der Waals surface area contributed by atoms with Crippen LogP contribution in [0.3, 0.4) is 0 Å². The lowest BCUT2D eigenvalue weighted by molar-refractivity contribution is -0.134. The second kappa shape index (κ2) is 9.13. The second-order valence-electron chi connectivity index (χ2n) is 5.51. The molecule has 0 atom stereocenters. The van der Waals surface area contributed by atoms with Crippen molar-refractivity contribution in [2.75, 3.05) is 13.2 Å². The molecule has 8 heteroatoms. The van der Waals surface area contributed by atoms with Gasteiger partial charge < -0.3 is 14.1 Å². The summed E-state index contributed by atoms with van der Waals surface area (Å²) in [4.78, 5) is 15.2. The molecule has 6 nitrogen and oxygen atoms in total. The van der Waals surface area contributed by atoms with E-state index in [1.54, 1.807) is 4.90 Å². The molecular weight excluding hydrogens is 465 g/mol. The molecule has 0 saturated carbocycles. The average Bonchev–Trinajstić information content (AvgIpc) is 3.32. The van der Waals surface area contributed by atoms with Crippen molar-refractivity contribution in [3.8, 4) is 16.5 Å². The Morgan fingerprint density at radius 1 is 1.27 bits per heavy atom. The van der Waals surface area contributed by atoms with E-state index in [2.05, 4.69) is 32.8 Å². The van der Waals surface area contributed by atoms with Crippen LogP contribution in [0.1, 0.15) is 19.2 Å². The van der Waals surface area contributed by atoms with E-state index in [1.807, 2.05) is 48.7 Å². The zero-order valence-corrected chi connectivity index (χ0v) is 17.2. The molecule has 0 aliphatic carbocycles. The molecule has 1 amide bonds. The van der Waals surface area contributed by atoms with Gasteiger partial charge in [0.2, 0.25) is 5.89 Å². The minimum Gasteiger partial charge on any atom is -0.483 e. The fourth-order valence-corrected chi connectivity index (χ4v) is 3.52. The molecule has 0 fully saturated rings. The number of hydrogen-bond acceptors (Lipinski definition) is 6. The van der Waals surface area contributed by atoms with E-state index in [0.29, 0.717) is 24.1 Å². The Balaban J connectivity index is 1.63. The fraction of sp³-hybridized carbons (Fsp3) is 0.278. The van der Waals surface area contributed by atoms with Gasteiger partial charge in [-0.3, -0.25) is 4.79 Å². The number of carbonyl (C=O) groups excluding carboxylic acids is 1. The molecule has 3 aromatic rings. The van der Waals surface area contributed by atoms with Crippen molar-refractivity contribution in [2.45, 2.75) is 19.9 Å². The zero-order valence-electron chi connectivity index (χ0n) is 14.2. The van der Waals surface area contributed by atoms with Crippen molar-refractivity contribution in [1.29, 1.82) is 0 Å². The number of para-hydroxylation sites is 1. The number of nitrogens with zero attached hydrogens (tertiary/aromatic N) is 3. The summed E-state index contributed by atoms with van der Waals surface area (Å²) in [5.41, 5.74) is 0. The average molecular weight is 483 g/mol. The molecule has 26 heavy (non-hydrogen) atoms. The number of ether oxygens (including phenoxy) is 1. The first-order valence-corrected chi connectivity index (χ1v) is 10.1. The van der Waals surface area contributed by atoms with Crippen LogP contribution in [-0.4, -0.2) is 34.2 Å². The largest absolute Gasteiger partial charge is 0.483 e. The highest BCUT2D eigenvalue weighted by Gasteiger charge is 2.18. The quantitative estimate of drug-likeness (QED) is 0.449. The first-order valence-electron chi connectivity index (χ1n) is 8.18. The first kappa shape index (κ1) is 18.8. The third kappa shape index (κ3) is 4.82. The molecule has 0 aliphatic rings. The summed E-state index contributed by atoms with van der Waals surface area (Å²) in [6.07, 6.45) is 0.834. The van der Waals surface area contributed by atoms with Crippen LogP contribution in [0.15, 0.2) is 46.2 Å². The lowest BCUT2D eigenvalue weighted by atomic mass is 10.3. The van der Waals surface area contributed by atoms with Crippen molar-refractivity contribution in [3.05, 3.63) is 51.2 Å². The van der Waals surface area contributed by atoms with Crippen molar-refractivity contribution >= 4 is 39.8 Å². The smallest absolute Gasteiger partial charge is 0.260 e. The Bertz CT molecular complexity index is 851. The van der Waals surface area contributed by atoms with Gasteiger partial charge in [0.1, 0.15) is 5.75 Å². The molecule has 136 valence electrons. The lowest BCUT2D eigenvalue weighted by Crippen LogP contribution is -2.35. The van der Waals surface area contributed by atoms with Crippen molar-refractivity contribution < 1.29 is 13.9 Å². The number of thiophene rings is 1. The number of rotatable bonds is 8. The van der Waals surface area contributed by atoms with Gasteiger partial charge in [-0.25, -0.2) is 0 Å². The van der Waals surface area contributed by atoms with Crippen LogP contribution in [-0.2, 0) is 11.3 Å². The maximum absolute atomic E-state index is 12.6. The van der Waals surface area contributed by atoms with Crippen LogP contribution in [0.25, 0.3) is 10.8 Å². The minimum absolute atomic E-state index is 0.0219. The molecule has 2 heterocycles. The van der Waals surface area contributed by atoms with E-state index in [0.717, 1.165) is 14.9 Å². The Hall–Kier alpha value is -1.94. The molecule has 3 rings (SSSR count). The maximum Gasteiger partial charge on any atom is 0.260 e. The SMILES string of the molecule is CCCN(Cc1nnc(-c2cccs2)o1)C(=O)COc1ccccc1I. The van der Waals surface area contributed by atoms with E-state index < -0.39 is 0 Å². The summed E-state index contributed by atoms with van der Waals surface area (Å²) in [5.74, 6) is 1.50. The molecule has 0 aliphatic heterocycles. The van der Waals surface area contributed by atoms with Crippen molar-refractivity contribution in [3.63, 3.8) is 0 Å². The first-order chi connectivity index (χ1) is 12.7. The number of halogens is 1. The van der Waals surface area contributed by atoms with Crippen LogP contribution >= 0.6 is 33.9 Å². The minimum atomic E-state index is -0.109. The van der Waals surface area contributed by atoms with Gasteiger partial charge in [-0.05, 0) is 52.6 Å². The van der Waals surface area contributed by atoms with E-state index in [-0.39, 0.29) is 19.1 Å². The monoisotopic (exact) mass is 483 g/mol. The molecule has 0 N–H and O–H groups in total. The predicted molar refractivity (Wildman–Crippen MR) is 108 cm³/mol. The van der Waals surface area contributed by atoms with Gasteiger partial charge in [0.05, 0.1) is 15.0 Å². The summed E-state index contributed by atoms with van der Waals surface area (Å²) in [6, 6.07) is 11.5. The maximum atomic E-state index is 12.6. The Labute approximate surface area is 169 Å². The highest BCUT2D eigenvalue weighted by Crippen LogP contribution is 2.23. The lowest BCUT2D eigenvalue weighted by Gasteiger charge is -2.20. The standard InChI is InChI=1S/C18H18IN3O3S/c1-2-9-22(17(23)12-24-14-7-4-3-6-13(14)19)11-16-20-21-18(25-16)15-8-5-10-26-15/h3-8,10H,2,9,11-12H2,1H3. The molecular formula is C18H18IN3O3S. The Morgan fingerprint density at radius 3 is 2.85 bits per heavy atom. The van der Waals surface area contributed by atoms with Crippen molar-refractivity contribution in [1.82, 2.24) is 15.1 Å². The van der Waals surface area contributed by atoms with E-state index >= 15 is 0 Å². The van der Waals surface area contributed by atoms with Gasteiger partial charge in [-0.15, -0.1) is 21.5 Å². The summed E-state index contributed by atoms with van der Waals surface area (Å²) in [5, 5.41) is 10.1. The molecule has 0 unspecified atom stereocenters. The third-order valence-electron chi connectivity index (χ3n) is 3.56. The Kier molecular flexibility index (Phi) is 6.62. The van der Waals surface area contributed by atoms with E-state index in [9.17, 15) is 4.79 Å². The molecule has 0 saturated heterocycles. The van der Waals surface area contributed by atoms with Gasteiger partial charge in [-0.1, -0.05) is 25.1 Å². The topological polar surface area (TPSA) is 68.5 Å². The number of benzene rings is 1. The van der Waals surface area contributed by atoms with Gasteiger partial charge >= 0.3 is 0 Å². The number of hydrogen-bond donors (Lipinski definition) is 0. The van der Waals surface area contributed by atoms with Crippen molar-refractivity contribution in [2.24, 2.45) is 0 Å². The summed E-state index contributed by atoms with van der Waals surface area (Å²) in [7, 11) is 0. The molecule has 0 spiro atoms. The van der Waals surface area contributed by atoms with Crippen LogP contribution in [0.2, 0.25) is 0 Å². The Morgan fingerprint density at radius 2 is 2.12 bits per heavy atom. The number of carbonyl (C=O) groups is 1. The fourth-order valence-electron chi connectivity index (χ4n) is 2.34. The summed E-state index contributed by atoms with van der Waals surface area (Å²) >= 11 is 3.72. The highest BCUT2D eigenvalue weighted by molar-refractivity contribution is 14.1. The van der Waals surface area contributed by atoms with Gasteiger partial charge in [-0.2, -0.15) is 0 Å². The van der Waals surface area contributed by atoms with E-state index in [4.69, 9.17) is 9.15 Å². The van der Waals surface area contributed by atoms with Gasteiger partial charge in [0.15, 0.2) is 6.61 Å². The zero-order chi connectivity index (χ0) is 18.4. The molecule has 1 aromatic carbocycles. The highest BCUT2D eigenvalue weighted by atomic mass is 127. The third-order valence-corrected chi connectivity index (χ3v) is 5.31.